The lowest BCUT2D eigenvalue weighted by molar-refractivity contribution is 0.0372. The average molecular weight is 391 g/mol. The number of β-amino-alcohol motifs (C(OH)–C–C–N with tert-alkyl or cyclic N) is 1. The van der Waals surface area contributed by atoms with Crippen LogP contribution in [-0.4, -0.2) is 76.4 Å². The standard InChI is InChI=1S/C17H25N7O4/c18-22-20-5-6-27-7-8-28-13-3-1-12(2-4-13)14-10-24(23-21-14)11-15-17(26)16(25)9-19-15/h1-4,10,15-17,19,25-26H,5-9,11H2,(H2,18,20)/t15-,16+,17-/m0/s1. The Morgan fingerprint density at radius 1 is 1.21 bits per heavy atom. The lowest BCUT2D eigenvalue weighted by Crippen LogP contribution is -2.36. The summed E-state index contributed by atoms with van der Waals surface area (Å²) in [5.74, 6) is 5.62. The van der Waals surface area contributed by atoms with Crippen LogP contribution in [0.4, 0.5) is 0 Å². The van der Waals surface area contributed by atoms with Crippen molar-refractivity contribution in [3.63, 3.8) is 0 Å². The Hall–Kier alpha value is -2.60. The van der Waals surface area contributed by atoms with E-state index in [1.807, 2.05) is 30.5 Å². The molecule has 0 saturated carbocycles. The average Bonchev–Trinajstić information content (AvgIpc) is 3.30. The van der Waals surface area contributed by atoms with Gasteiger partial charge in [-0.2, -0.15) is 5.11 Å². The van der Waals surface area contributed by atoms with Gasteiger partial charge < -0.3 is 30.8 Å². The van der Waals surface area contributed by atoms with Crippen molar-refractivity contribution in [2.24, 2.45) is 16.2 Å². The monoisotopic (exact) mass is 391 g/mol. The fourth-order valence-electron chi connectivity index (χ4n) is 2.88. The first-order valence-electron chi connectivity index (χ1n) is 9.04. The van der Waals surface area contributed by atoms with E-state index in [-0.39, 0.29) is 6.04 Å². The molecule has 0 spiro atoms. The summed E-state index contributed by atoms with van der Waals surface area (Å²) in [6, 6.07) is 7.27. The molecule has 152 valence electrons. The third kappa shape index (κ3) is 5.45. The highest BCUT2D eigenvalue weighted by Crippen LogP contribution is 2.20. The summed E-state index contributed by atoms with van der Waals surface area (Å²) in [5.41, 5.74) is 1.62. The van der Waals surface area contributed by atoms with Crippen molar-refractivity contribution in [2.75, 3.05) is 32.9 Å². The molecule has 0 bridgehead atoms. The van der Waals surface area contributed by atoms with Gasteiger partial charge >= 0.3 is 0 Å². The maximum atomic E-state index is 9.91. The van der Waals surface area contributed by atoms with Crippen LogP contribution >= 0.6 is 0 Å². The summed E-state index contributed by atoms with van der Waals surface area (Å²) in [4.78, 5) is 0. The van der Waals surface area contributed by atoms with Gasteiger partial charge in [0.1, 0.15) is 18.1 Å². The van der Waals surface area contributed by atoms with Gasteiger partial charge in [0, 0.05) is 12.1 Å². The summed E-state index contributed by atoms with van der Waals surface area (Å²) < 4.78 is 12.6. The van der Waals surface area contributed by atoms with Crippen LogP contribution in [0.1, 0.15) is 0 Å². The molecule has 28 heavy (non-hydrogen) atoms. The maximum absolute atomic E-state index is 9.91. The summed E-state index contributed by atoms with van der Waals surface area (Å²) in [6.07, 6.45) is 0.252. The molecule has 3 rings (SSSR count). The van der Waals surface area contributed by atoms with E-state index >= 15 is 0 Å². The SMILES string of the molecule is NN=NCCOCCOc1ccc(-c2cn(C[C@@H]3NC[C@@H](O)[C@H]3O)nn2)cc1. The molecular formula is C17H25N7O4. The molecule has 2 aromatic rings. The molecule has 2 heterocycles. The molecule has 1 aromatic carbocycles. The van der Waals surface area contributed by atoms with E-state index in [1.165, 1.54) is 0 Å². The Kier molecular flexibility index (Phi) is 7.25. The number of rotatable bonds is 10. The second-order valence-corrected chi connectivity index (χ2v) is 6.36. The van der Waals surface area contributed by atoms with Crippen molar-refractivity contribution >= 4 is 0 Å². The van der Waals surface area contributed by atoms with Crippen molar-refractivity contribution in [2.45, 2.75) is 24.8 Å². The van der Waals surface area contributed by atoms with E-state index in [1.54, 1.807) is 4.68 Å². The highest BCUT2D eigenvalue weighted by molar-refractivity contribution is 5.58. The number of ether oxygens (including phenoxy) is 2. The topological polar surface area (TPSA) is 152 Å². The third-order valence-corrected chi connectivity index (χ3v) is 4.38. The van der Waals surface area contributed by atoms with Crippen LogP contribution in [0.15, 0.2) is 40.8 Å². The Bertz CT molecular complexity index is 752. The molecule has 0 aliphatic carbocycles. The van der Waals surface area contributed by atoms with Crippen LogP contribution in [0.2, 0.25) is 0 Å². The molecule has 11 heteroatoms. The summed E-state index contributed by atoms with van der Waals surface area (Å²) >= 11 is 0. The molecule has 1 aliphatic rings. The minimum atomic E-state index is -0.807. The predicted molar refractivity (Wildman–Crippen MR) is 99.5 cm³/mol. The third-order valence-electron chi connectivity index (χ3n) is 4.38. The van der Waals surface area contributed by atoms with Gasteiger partial charge in [-0.15, -0.1) is 5.10 Å². The molecule has 1 aliphatic heterocycles. The van der Waals surface area contributed by atoms with E-state index in [2.05, 4.69) is 26.0 Å². The number of nitrogens with two attached hydrogens (primary N) is 1. The van der Waals surface area contributed by atoms with Crippen molar-refractivity contribution < 1.29 is 19.7 Å². The molecule has 1 saturated heterocycles. The van der Waals surface area contributed by atoms with Crippen molar-refractivity contribution in [3.8, 4) is 17.0 Å². The van der Waals surface area contributed by atoms with Crippen LogP contribution in [0.25, 0.3) is 11.3 Å². The lowest BCUT2D eigenvalue weighted by atomic mass is 10.1. The fraction of sp³-hybridized carbons (Fsp3) is 0.529. The zero-order valence-corrected chi connectivity index (χ0v) is 15.4. The number of nitrogens with one attached hydrogen (secondary N) is 1. The van der Waals surface area contributed by atoms with Gasteiger partial charge in [0.25, 0.3) is 0 Å². The normalized spacial score (nSPS) is 22.1. The van der Waals surface area contributed by atoms with Crippen LogP contribution in [0.3, 0.4) is 0 Å². The molecule has 1 fully saturated rings. The highest BCUT2D eigenvalue weighted by Gasteiger charge is 2.33. The molecule has 5 N–H and O–H groups in total. The van der Waals surface area contributed by atoms with Gasteiger partial charge in [-0.05, 0) is 24.3 Å². The Balaban J connectivity index is 1.45. The Labute approximate surface area is 162 Å². The zero-order valence-electron chi connectivity index (χ0n) is 15.4. The molecular weight excluding hydrogens is 366 g/mol. The van der Waals surface area contributed by atoms with Gasteiger partial charge in [-0.3, -0.25) is 4.68 Å². The van der Waals surface area contributed by atoms with Crippen LogP contribution in [0.5, 0.6) is 5.75 Å². The van der Waals surface area contributed by atoms with E-state index in [9.17, 15) is 10.2 Å². The quantitative estimate of drug-likeness (QED) is 0.181. The largest absolute Gasteiger partial charge is 0.491 e. The van der Waals surface area contributed by atoms with Crippen molar-refractivity contribution in [3.05, 3.63) is 30.5 Å². The Morgan fingerprint density at radius 3 is 2.75 bits per heavy atom. The fourth-order valence-corrected chi connectivity index (χ4v) is 2.88. The van der Waals surface area contributed by atoms with E-state index in [0.717, 1.165) is 17.0 Å². The van der Waals surface area contributed by atoms with Gasteiger partial charge in [-0.25, -0.2) is 0 Å². The number of hydrogen-bond donors (Lipinski definition) is 4. The first-order chi connectivity index (χ1) is 13.7. The minimum Gasteiger partial charge on any atom is -0.491 e. The second-order valence-electron chi connectivity index (χ2n) is 6.36. The number of nitrogens with zero attached hydrogens (tertiary/aromatic N) is 5. The van der Waals surface area contributed by atoms with E-state index in [0.29, 0.717) is 39.5 Å². The molecule has 1 aromatic heterocycles. The van der Waals surface area contributed by atoms with E-state index in [4.69, 9.17) is 15.3 Å². The van der Waals surface area contributed by atoms with Crippen molar-refractivity contribution in [1.29, 1.82) is 0 Å². The highest BCUT2D eigenvalue weighted by atomic mass is 16.5. The lowest BCUT2D eigenvalue weighted by Gasteiger charge is -2.15. The van der Waals surface area contributed by atoms with Gasteiger partial charge in [0.2, 0.25) is 0 Å². The van der Waals surface area contributed by atoms with E-state index < -0.39 is 12.2 Å². The number of benzene rings is 1. The number of aliphatic hydroxyl groups excluding tert-OH is 2. The predicted octanol–water partition coefficient (Wildman–Crippen LogP) is -0.640. The van der Waals surface area contributed by atoms with Gasteiger partial charge in [-0.1, -0.05) is 10.4 Å². The maximum Gasteiger partial charge on any atom is 0.119 e. The molecule has 0 amide bonds. The Morgan fingerprint density at radius 2 is 2.04 bits per heavy atom. The first-order valence-corrected chi connectivity index (χ1v) is 9.04. The zero-order chi connectivity index (χ0) is 19.8. The summed E-state index contributed by atoms with van der Waals surface area (Å²) in [5, 5.41) is 37.6. The van der Waals surface area contributed by atoms with Gasteiger partial charge in [0.05, 0.1) is 50.7 Å². The number of aliphatic hydroxyl groups is 2. The summed E-state index contributed by atoms with van der Waals surface area (Å²) in [7, 11) is 0. The molecule has 3 atom stereocenters. The number of hydrogen-bond acceptors (Lipinski definition) is 9. The van der Waals surface area contributed by atoms with Crippen LogP contribution < -0.4 is 15.9 Å². The smallest absolute Gasteiger partial charge is 0.119 e. The first kappa shape index (κ1) is 20.1. The molecule has 11 nitrogen and oxygen atoms in total. The molecule has 0 radical (unpaired) electrons. The summed E-state index contributed by atoms with van der Waals surface area (Å²) in [6.45, 7) is 2.56. The van der Waals surface area contributed by atoms with Crippen LogP contribution in [-0.2, 0) is 11.3 Å². The second kappa shape index (κ2) is 10.1. The minimum absolute atomic E-state index is 0.249. The van der Waals surface area contributed by atoms with Gasteiger partial charge in [0.15, 0.2) is 0 Å². The molecule has 0 unspecified atom stereocenters. The number of aromatic nitrogens is 3. The van der Waals surface area contributed by atoms with Crippen molar-refractivity contribution in [1.82, 2.24) is 20.3 Å². The van der Waals surface area contributed by atoms with Crippen LogP contribution in [0, 0.1) is 0 Å².